The van der Waals surface area contributed by atoms with Crippen molar-refractivity contribution in [1.29, 1.82) is 0 Å². The summed E-state index contributed by atoms with van der Waals surface area (Å²) >= 11 is 0. The number of hydrogen-bond acceptors (Lipinski definition) is 4. The summed E-state index contributed by atoms with van der Waals surface area (Å²) in [4.78, 5) is 19.9. The van der Waals surface area contributed by atoms with Crippen molar-refractivity contribution in [3.63, 3.8) is 0 Å². The maximum atomic E-state index is 12.6. The highest BCUT2D eigenvalue weighted by molar-refractivity contribution is 5.85. The predicted octanol–water partition coefficient (Wildman–Crippen LogP) is 1.85. The topological polar surface area (TPSA) is 38.8 Å². The van der Waals surface area contributed by atoms with Gasteiger partial charge in [-0.25, -0.2) is 0 Å². The summed E-state index contributed by atoms with van der Waals surface area (Å²) in [6, 6.07) is 1.48. The molecule has 5 nitrogen and oxygen atoms in total. The van der Waals surface area contributed by atoms with Gasteiger partial charge in [-0.1, -0.05) is 0 Å². The van der Waals surface area contributed by atoms with Gasteiger partial charge in [0.1, 0.15) is 0 Å². The average Bonchev–Trinajstić information content (AvgIpc) is 2.92. The highest BCUT2D eigenvalue weighted by Crippen LogP contribution is 2.23. The molecule has 1 amide bonds. The molecule has 0 spiro atoms. The SMILES string of the molecule is CC1CCC(C)N1CCN1CCN(C(=O)C2CCCNC2)CC1.Cl.Cl. The second-order valence-electron chi connectivity index (χ2n) is 7.72. The van der Waals surface area contributed by atoms with E-state index in [-0.39, 0.29) is 30.7 Å². The minimum atomic E-state index is 0. The van der Waals surface area contributed by atoms with E-state index < -0.39 is 0 Å². The number of carbonyl (C=O) groups excluding carboxylic acids is 1. The molecule has 3 heterocycles. The van der Waals surface area contributed by atoms with Crippen LogP contribution in [0.5, 0.6) is 0 Å². The van der Waals surface area contributed by atoms with Crippen LogP contribution in [0.15, 0.2) is 0 Å². The minimum absolute atomic E-state index is 0. The third-order valence-corrected chi connectivity index (χ3v) is 6.14. The van der Waals surface area contributed by atoms with Crippen LogP contribution in [-0.4, -0.2) is 85.0 Å². The molecule has 7 heteroatoms. The van der Waals surface area contributed by atoms with Gasteiger partial charge in [-0.15, -0.1) is 24.8 Å². The molecule has 3 aliphatic heterocycles. The van der Waals surface area contributed by atoms with Gasteiger partial charge in [0, 0.05) is 57.9 Å². The van der Waals surface area contributed by atoms with Crippen molar-refractivity contribution < 1.29 is 4.79 Å². The van der Waals surface area contributed by atoms with Crippen molar-refractivity contribution in [2.75, 3.05) is 52.4 Å². The molecule has 25 heavy (non-hydrogen) atoms. The lowest BCUT2D eigenvalue weighted by Crippen LogP contribution is -2.53. The number of piperidine rings is 1. The van der Waals surface area contributed by atoms with Gasteiger partial charge in [0.15, 0.2) is 0 Å². The molecule has 3 fully saturated rings. The van der Waals surface area contributed by atoms with Crippen molar-refractivity contribution in [3.05, 3.63) is 0 Å². The summed E-state index contributed by atoms with van der Waals surface area (Å²) in [7, 11) is 0. The van der Waals surface area contributed by atoms with Crippen LogP contribution in [-0.2, 0) is 4.79 Å². The number of nitrogens with zero attached hydrogens (tertiary/aromatic N) is 3. The number of amides is 1. The molecule has 0 aromatic rings. The summed E-state index contributed by atoms with van der Waals surface area (Å²) in [5, 5.41) is 3.36. The average molecular weight is 395 g/mol. The fourth-order valence-electron chi connectivity index (χ4n) is 4.46. The third kappa shape index (κ3) is 5.96. The predicted molar refractivity (Wildman–Crippen MR) is 108 cm³/mol. The monoisotopic (exact) mass is 394 g/mol. The molecule has 1 N–H and O–H groups in total. The number of halogens is 2. The Balaban J connectivity index is 0.00000156. The van der Waals surface area contributed by atoms with Crippen LogP contribution in [0.25, 0.3) is 0 Å². The molecule has 0 bridgehead atoms. The first kappa shape index (κ1) is 23.0. The van der Waals surface area contributed by atoms with E-state index in [1.807, 2.05) is 0 Å². The Kier molecular flexibility index (Phi) is 10.0. The van der Waals surface area contributed by atoms with E-state index >= 15 is 0 Å². The van der Waals surface area contributed by atoms with Crippen LogP contribution >= 0.6 is 24.8 Å². The molecular weight excluding hydrogens is 359 g/mol. The molecule has 0 aromatic heterocycles. The summed E-state index contributed by atoms with van der Waals surface area (Å²) in [5.74, 6) is 0.611. The zero-order valence-corrected chi connectivity index (χ0v) is 17.4. The molecule has 0 aliphatic carbocycles. The lowest BCUT2D eigenvalue weighted by molar-refractivity contribution is -0.137. The number of hydrogen-bond donors (Lipinski definition) is 1. The fourth-order valence-corrected chi connectivity index (χ4v) is 4.46. The normalized spacial score (nSPS) is 31.3. The Morgan fingerprint density at radius 3 is 2.16 bits per heavy atom. The highest BCUT2D eigenvalue weighted by Gasteiger charge is 2.30. The van der Waals surface area contributed by atoms with Gasteiger partial charge in [-0.2, -0.15) is 0 Å². The molecule has 0 aromatic carbocycles. The number of likely N-dealkylation sites (tertiary alicyclic amines) is 1. The molecule has 3 aliphatic rings. The molecule has 148 valence electrons. The van der Waals surface area contributed by atoms with Gasteiger partial charge >= 0.3 is 0 Å². The van der Waals surface area contributed by atoms with Crippen molar-refractivity contribution in [3.8, 4) is 0 Å². The Hall–Kier alpha value is -0.0700. The van der Waals surface area contributed by atoms with E-state index in [0.29, 0.717) is 5.91 Å². The molecule has 3 atom stereocenters. The fraction of sp³-hybridized carbons (Fsp3) is 0.944. The standard InChI is InChI=1S/C18H34N4O.2ClH/c1-15-5-6-16(2)22(15)13-10-20-8-11-21(12-9-20)18(23)17-4-3-7-19-14-17;;/h15-17,19H,3-14H2,1-2H3;2*1H. The van der Waals surface area contributed by atoms with Gasteiger partial charge < -0.3 is 10.2 Å². The largest absolute Gasteiger partial charge is 0.340 e. The minimum Gasteiger partial charge on any atom is -0.340 e. The van der Waals surface area contributed by atoms with Crippen molar-refractivity contribution in [1.82, 2.24) is 20.0 Å². The first-order valence-corrected chi connectivity index (χ1v) is 9.62. The maximum absolute atomic E-state index is 12.6. The zero-order chi connectivity index (χ0) is 16.2. The number of nitrogens with one attached hydrogen (secondary N) is 1. The van der Waals surface area contributed by atoms with Gasteiger partial charge in [0.2, 0.25) is 5.91 Å². The summed E-state index contributed by atoms with van der Waals surface area (Å²) in [5.41, 5.74) is 0. The molecular formula is C18H36Cl2N4O. The number of carbonyl (C=O) groups is 1. The van der Waals surface area contributed by atoms with Crippen LogP contribution in [0.1, 0.15) is 39.5 Å². The van der Waals surface area contributed by atoms with Crippen molar-refractivity contribution in [2.45, 2.75) is 51.6 Å². The first-order chi connectivity index (χ1) is 11.1. The van der Waals surface area contributed by atoms with E-state index in [2.05, 4.69) is 33.9 Å². The first-order valence-electron chi connectivity index (χ1n) is 9.62. The van der Waals surface area contributed by atoms with Gasteiger partial charge in [0.25, 0.3) is 0 Å². The number of rotatable bonds is 4. The molecule has 3 saturated heterocycles. The quantitative estimate of drug-likeness (QED) is 0.789. The third-order valence-electron chi connectivity index (χ3n) is 6.14. The molecule has 3 rings (SSSR count). The van der Waals surface area contributed by atoms with E-state index in [1.165, 1.54) is 19.4 Å². The lowest BCUT2D eigenvalue weighted by atomic mass is 9.98. The van der Waals surface area contributed by atoms with Crippen LogP contribution in [0.2, 0.25) is 0 Å². The molecule has 0 radical (unpaired) electrons. The molecule has 0 saturated carbocycles. The van der Waals surface area contributed by atoms with Gasteiger partial charge in [-0.05, 0) is 46.1 Å². The van der Waals surface area contributed by atoms with Gasteiger partial charge in [0.05, 0.1) is 5.92 Å². The van der Waals surface area contributed by atoms with E-state index in [9.17, 15) is 4.79 Å². The van der Waals surface area contributed by atoms with Crippen LogP contribution in [0.3, 0.4) is 0 Å². The second-order valence-corrected chi connectivity index (χ2v) is 7.72. The van der Waals surface area contributed by atoms with Crippen LogP contribution < -0.4 is 5.32 Å². The van der Waals surface area contributed by atoms with E-state index in [0.717, 1.165) is 70.7 Å². The van der Waals surface area contributed by atoms with Crippen molar-refractivity contribution >= 4 is 30.7 Å². The molecule has 3 unspecified atom stereocenters. The lowest BCUT2D eigenvalue weighted by Gasteiger charge is -2.38. The zero-order valence-electron chi connectivity index (χ0n) is 15.8. The summed E-state index contributed by atoms with van der Waals surface area (Å²) in [6.45, 7) is 12.9. The number of piperazine rings is 1. The Morgan fingerprint density at radius 2 is 1.60 bits per heavy atom. The Labute approximate surface area is 165 Å². The van der Waals surface area contributed by atoms with Crippen LogP contribution in [0.4, 0.5) is 0 Å². The smallest absolute Gasteiger partial charge is 0.227 e. The maximum Gasteiger partial charge on any atom is 0.227 e. The van der Waals surface area contributed by atoms with E-state index in [1.54, 1.807) is 0 Å². The summed E-state index contributed by atoms with van der Waals surface area (Å²) < 4.78 is 0. The van der Waals surface area contributed by atoms with E-state index in [4.69, 9.17) is 0 Å². The Morgan fingerprint density at radius 1 is 0.960 bits per heavy atom. The van der Waals surface area contributed by atoms with Crippen LogP contribution in [0, 0.1) is 5.92 Å². The highest BCUT2D eigenvalue weighted by atomic mass is 35.5. The van der Waals surface area contributed by atoms with Crippen molar-refractivity contribution in [2.24, 2.45) is 5.92 Å². The van der Waals surface area contributed by atoms with Gasteiger partial charge in [-0.3, -0.25) is 14.6 Å². The second kappa shape index (κ2) is 10.9. The Bertz CT molecular complexity index is 389. The summed E-state index contributed by atoms with van der Waals surface area (Å²) in [6.07, 6.45) is 4.90.